The number of hydrogen-bond acceptors (Lipinski definition) is 4. The average Bonchev–Trinajstić information content (AvgIpc) is 3.04. The second kappa shape index (κ2) is 7.20. The molecule has 0 aliphatic carbocycles. The van der Waals surface area contributed by atoms with Gasteiger partial charge in [-0.1, -0.05) is 32.9 Å². The molecule has 1 amide bonds. The number of rotatable bonds is 4. The van der Waals surface area contributed by atoms with E-state index in [1.54, 1.807) is 23.0 Å². The molecule has 2 heterocycles. The van der Waals surface area contributed by atoms with Crippen molar-refractivity contribution >= 4 is 16.9 Å². The lowest BCUT2D eigenvalue weighted by molar-refractivity contribution is -0.122. The van der Waals surface area contributed by atoms with Crippen molar-refractivity contribution < 1.29 is 4.79 Å². The van der Waals surface area contributed by atoms with Gasteiger partial charge in [0.2, 0.25) is 5.91 Å². The number of fused-ring (bicyclic) bond motifs is 1. The number of aromatic nitrogens is 3. The lowest BCUT2D eigenvalue weighted by atomic mass is 9.91. The van der Waals surface area contributed by atoms with Crippen LogP contribution in [0.1, 0.15) is 50.6 Å². The van der Waals surface area contributed by atoms with Crippen LogP contribution in [0.25, 0.3) is 11.0 Å². The summed E-state index contributed by atoms with van der Waals surface area (Å²) >= 11 is 0. The Morgan fingerprint density at radius 2 is 2.04 bits per heavy atom. The minimum atomic E-state index is -0.163. The number of benzene rings is 1. The lowest BCUT2D eigenvalue weighted by Gasteiger charge is -2.19. The third kappa shape index (κ3) is 3.98. The number of carbonyl (C=O) groups excluding carboxylic acids is 1. The van der Waals surface area contributed by atoms with Crippen LogP contribution in [0.4, 0.5) is 0 Å². The van der Waals surface area contributed by atoms with Gasteiger partial charge in [-0.25, -0.2) is 4.98 Å². The normalized spacial score (nSPS) is 12.6. The Morgan fingerprint density at radius 3 is 2.67 bits per heavy atom. The topological polar surface area (TPSA) is 83.6 Å². The van der Waals surface area contributed by atoms with Crippen LogP contribution in [0.5, 0.6) is 0 Å². The summed E-state index contributed by atoms with van der Waals surface area (Å²) in [6, 6.07) is 11.3. The Bertz CT molecular complexity index is 1010. The molecule has 0 aliphatic heterocycles. The third-order valence-electron chi connectivity index (χ3n) is 4.50. The van der Waals surface area contributed by atoms with Gasteiger partial charge in [-0.15, -0.1) is 0 Å². The summed E-state index contributed by atoms with van der Waals surface area (Å²) in [5.41, 5.74) is 3.85. The van der Waals surface area contributed by atoms with Crippen LogP contribution in [-0.2, 0) is 16.8 Å². The zero-order valence-corrected chi connectivity index (χ0v) is 16.0. The summed E-state index contributed by atoms with van der Waals surface area (Å²) in [5.74, 6) is -0.144. The minimum absolute atomic E-state index is 0.00799. The number of pyridine rings is 1. The molecule has 0 saturated heterocycles. The molecule has 0 radical (unpaired) electrons. The molecular formula is C21H23N5O. The molecule has 2 aromatic heterocycles. The fourth-order valence-corrected chi connectivity index (χ4v) is 2.97. The number of nitrogens with one attached hydrogen (secondary N) is 1. The minimum Gasteiger partial charge on any atom is -0.348 e. The molecule has 0 spiro atoms. The van der Waals surface area contributed by atoms with E-state index in [9.17, 15) is 10.1 Å². The quantitative estimate of drug-likeness (QED) is 0.771. The zero-order valence-electron chi connectivity index (χ0n) is 16.0. The van der Waals surface area contributed by atoms with Gasteiger partial charge in [0.1, 0.15) is 12.6 Å². The maximum atomic E-state index is 12.5. The van der Waals surface area contributed by atoms with Gasteiger partial charge in [0.15, 0.2) is 0 Å². The lowest BCUT2D eigenvalue weighted by Crippen LogP contribution is -2.30. The number of imidazole rings is 1. The van der Waals surface area contributed by atoms with Crippen LogP contribution >= 0.6 is 0 Å². The van der Waals surface area contributed by atoms with Crippen LogP contribution in [0.2, 0.25) is 0 Å². The highest BCUT2D eigenvalue weighted by atomic mass is 16.2. The van der Waals surface area contributed by atoms with Gasteiger partial charge >= 0.3 is 0 Å². The summed E-state index contributed by atoms with van der Waals surface area (Å²) in [7, 11) is 0. The first kappa shape index (κ1) is 18.6. The van der Waals surface area contributed by atoms with Crippen molar-refractivity contribution in [3.63, 3.8) is 0 Å². The molecule has 6 heteroatoms. The Morgan fingerprint density at radius 1 is 1.26 bits per heavy atom. The Kier molecular flexibility index (Phi) is 4.95. The molecule has 0 fully saturated rings. The number of hydrogen-bond donors (Lipinski definition) is 1. The smallest absolute Gasteiger partial charge is 0.240 e. The standard InChI is InChI=1S/C21H23N5O/c1-14(16-8-9-18(23-11-16)21(2,3)4)25-19(27)12-26-13-24-17-7-5-6-15(10-22)20(17)26/h5-9,11,13-14H,12H2,1-4H3,(H,25,27). The highest BCUT2D eigenvalue weighted by molar-refractivity contribution is 5.84. The predicted octanol–water partition coefficient (Wildman–Crippen LogP) is 3.48. The zero-order chi connectivity index (χ0) is 19.6. The molecule has 3 aromatic rings. The second-order valence-electron chi connectivity index (χ2n) is 7.67. The van der Waals surface area contributed by atoms with Crippen molar-refractivity contribution in [1.29, 1.82) is 5.26 Å². The molecule has 6 nitrogen and oxygen atoms in total. The Labute approximate surface area is 158 Å². The van der Waals surface area contributed by atoms with E-state index < -0.39 is 0 Å². The van der Waals surface area contributed by atoms with E-state index >= 15 is 0 Å². The van der Waals surface area contributed by atoms with Crippen LogP contribution in [0, 0.1) is 11.3 Å². The molecule has 27 heavy (non-hydrogen) atoms. The summed E-state index contributed by atoms with van der Waals surface area (Å²) in [4.78, 5) is 21.3. The largest absolute Gasteiger partial charge is 0.348 e. The molecule has 1 atom stereocenters. The van der Waals surface area contributed by atoms with E-state index in [4.69, 9.17) is 0 Å². The summed E-state index contributed by atoms with van der Waals surface area (Å²) in [6.07, 6.45) is 3.40. The molecule has 0 bridgehead atoms. The van der Waals surface area contributed by atoms with E-state index in [0.717, 1.165) is 11.3 Å². The van der Waals surface area contributed by atoms with Gasteiger partial charge in [-0.3, -0.25) is 9.78 Å². The number of amides is 1. The maximum Gasteiger partial charge on any atom is 0.240 e. The van der Waals surface area contributed by atoms with Gasteiger partial charge in [0.25, 0.3) is 0 Å². The van der Waals surface area contributed by atoms with E-state index in [-0.39, 0.29) is 23.9 Å². The van der Waals surface area contributed by atoms with E-state index in [2.05, 4.69) is 42.1 Å². The molecule has 1 unspecified atom stereocenters. The summed E-state index contributed by atoms with van der Waals surface area (Å²) in [5, 5.41) is 12.3. The molecular weight excluding hydrogens is 338 g/mol. The summed E-state index contributed by atoms with van der Waals surface area (Å²) in [6.45, 7) is 8.38. The predicted molar refractivity (Wildman–Crippen MR) is 104 cm³/mol. The molecule has 0 saturated carbocycles. The van der Waals surface area contributed by atoms with Gasteiger partial charge in [-0.2, -0.15) is 5.26 Å². The molecule has 1 N–H and O–H groups in total. The fraction of sp³-hybridized carbons (Fsp3) is 0.333. The monoisotopic (exact) mass is 361 g/mol. The second-order valence-corrected chi connectivity index (χ2v) is 7.67. The first-order valence-electron chi connectivity index (χ1n) is 8.89. The third-order valence-corrected chi connectivity index (χ3v) is 4.50. The summed E-state index contributed by atoms with van der Waals surface area (Å²) < 4.78 is 1.71. The molecule has 1 aromatic carbocycles. The highest BCUT2D eigenvalue weighted by Gasteiger charge is 2.17. The SMILES string of the molecule is CC(NC(=O)Cn1cnc2cccc(C#N)c21)c1ccc(C(C)(C)C)nc1. The van der Waals surface area contributed by atoms with Gasteiger partial charge in [0, 0.05) is 17.3 Å². The van der Waals surface area contributed by atoms with Gasteiger partial charge in [0.05, 0.1) is 29.0 Å². The van der Waals surface area contributed by atoms with Crippen LogP contribution in [0.15, 0.2) is 42.9 Å². The van der Waals surface area contributed by atoms with Crippen LogP contribution < -0.4 is 5.32 Å². The van der Waals surface area contributed by atoms with E-state index in [1.807, 2.05) is 31.3 Å². The van der Waals surface area contributed by atoms with Crippen LogP contribution in [0.3, 0.4) is 0 Å². The average molecular weight is 361 g/mol. The number of nitriles is 1. The van der Waals surface area contributed by atoms with Crippen molar-refractivity contribution in [2.24, 2.45) is 0 Å². The van der Waals surface area contributed by atoms with Gasteiger partial charge < -0.3 is 9.88 Å². The fourth-order valence-electron chi connectivity index (χ4n) is 2.97. The Balaban J connectivity index is 1.72. The molecule has 3 rings (SSSR count). The first-order chi connectivity index (χ1) is 12.8. The number of nitrogens with zero attached hydrogens (tertiary/aromatic N) is 4. The van der Waals surface area contributed by atoms with E-state index in [1.165, 1.54) is 0 Å². The van der Waals surface area contributed by atoms with Crippen molar-refractivity contribution in [1.82, 2.24) is 19.9 Å². The number of para-hydroxylation sites is 1. The van der Waals surface area contributed by atoms with Crippen molar-refractivity contribution in [3.05, 3.63) is 59.7 Å². The Hall–Kier alpha value is -3.20. The van der Waals surface area contributed by atoms with Crippen LogP contribution in [-0.4, -0.2) is 20.4 Å². The van der Waals surface area contributed by atoms with E-state index in [0.29, 0.717) is 16.6 Å². The van der Waals surface area contributed by atoms with Gasteiger partial charge in [-0.05, 0) is 30.7 Å². The van der Waals surface area contributed by atoms with Crippen molar-refractivity contribution in [2.75, 3.05) is 0 Å². The van der Waals surface area contributed by atoms with Crippen molar-refractivity contribution in [3.8, 4) is 6.07 Å². The number of carbonyl (C=O) groups is 1. The molecule has 0 aliphatic rings. The highest BCUT2D eigenvalue weighted by Crippen LogP contribution is 2.21. The molecule has 138 valence electrons. The van der Waals surface area contributed by atoms with Crippen molar-refractivity contribution in [2.45, 2.75) is 45.7 Å². The maximum absolute atomic E-state index is 12.5. The first-order valence-corrected chi connectivity index (χ1v) is 8.89.